The first-order valence-electron chi connectivity index (χ1n) is 13.4. The summed E-state index contributed by atoms with van der Waals surface area (Å²) < 4.78 is 0. The van der Waals surface area contributed by atoms with Crippen molar-refractivity contribution in [1.29, 1.82) is 0 Å². The summed E-state index contributed by atoms with van der Waals surface area (Å²) >= 11 is 0. The van der Waals surface area contributed by atoms with Crippen LogP contribution >= 0.6 is 0 Å². The third-order valence-corrected chi connectivity index (χ3v) is 7.32. The smallest absolute Gasteiger partial charge is 0.326 e. The molecule has 38 heavy (non-hydrogen) atoms. The predicted molar refractivity (Wildman–Crippen MR) is 148 cm³/mol. The molecule has 4 rings (SSSR count). The van der Waals surface area contributed by atoms with E-state index >= 15 is 0 Å². The molecule has 9 heteroatoms. The van der Waals surface area contributed by atoms with Crippen molar-refractivity contribution in [3.63, 3.8) is 0 Å². The first-order valence-corrected chi connectivity index (χ1v) is 13.4. The van der Waals surface area contributed by atoms with Gasteiger partial charge in [-0.05, 0) is 61.4 Å². The Morgan fingerprint density at radius 2 is 1.87 bits per heavy atom. The van der Waals surface area contributed by atoms with Gasteiger partial charge in [0.15, 0.2) is 5.96 Å². The zero-order chi connectivity index (χ0) is 27.1. The van der Waals surface area contributed by atoms with Crippen LogP contribution in [0.5, 0.6) is 0 Å². The number of hydrogen-bond donors (Lipinski definition) is 4. The summed E-state index contributed by atoms with van der Waals surface area (Å²) in [6.45, 7) is 6.94. The molecule has 2 aromatic rings. The molecular formula is C29H37N5O4. The van der Waals surface area contributed by atoms with E-state index in [9.17, 15) is 19.5 Å². The molecule has 1 fully saturated rings. The molecular weight excluding hydrogens is 482 g/mol. The fourth-order valence-corrected chi connectivity index (χ4v) is 5.09. The number of guanidine groups is 1. The Labute approximate surface area is 223 Å². The van der Waals surface area contributed by atoms with Crippen molar-refractivity contribution < 1.29 is 19.5 Å². The summed E-state index contributed by atoms with van der Waals surface area (Å²) in [7, 11) is 0. The Hall–Kier alpha value is -3.88. The summed E-state index contributed by atoms with van der Waals surface area (Å²) in [6.07, 6.45) is 3.38. The molecule has 2 aliphatic heterocycles. The van der Waals surface area contributed by atoms with Crippen LogP contribution in [0.15, 0.2) is 47.5 Å². The van der Waals surface area contributed by atoms with Crippen LogP contribution in [0.1, 0.15) is 53.2 Å². The quantitative estimate of drug-likeness (QED) is 0.425. The number of carboxylic acid groups (broad SMARTS) is 1. The van der Waals surface area contributed by atoms with E-state index in [0.29, 0.717) is 17.9 Å². The fraction of sp³-hybridized carbons (Fsp3) is 0.448. The Morgan fingerprint density at radius 1 is 1.13 bits per heavy atom. The van der Waals surface area contributed by atoms with E-state index in [2.05, 4.69) is 25.8 Å². The van der Waals surface area contributed by atoms with Gasteiger partial charge in [-0.2, -0.15) is 0 Å². The molecule has 2 aromatic carbocycles. The average molecular weight is 520 g/mol. The lowest BCUT2D eigenvalue weighted by molar-refractivity contribution is -0.139. The van der Waals surface area contributed by atoms with Gasteiger partial charge in [0.1, 0.15) is 6.04 Å². The van der Waals surface area contributed by atoms with Gasteiger partial charge in [-0.1, -0.05) is 37.3 Å². The number of anilines is 1. The van der Waals surface area contributed by atoms with Gasteiger partial charge in [-0.15, -0.1) is 0 Å². The zero-order valence-electron chi connectivity index (χ0n) is 22.1. The number of amides is 2. The first kappa shape index (κ1) is 27.2. The van der Waals surface area contributed by atoms with Crippen LogP contribution in [0.25, 0.3) is 0 Å². The summed E-state index contributed by atoms with van der Waals surface area (Å²) in [4.78, 5) is 44.1. The molecule has 202 valence electrons. The van der Waals surface area contributed by atoms with E-state index in [1.54, 1.807) is 0 Å². The lowest BCUT2D eigenvalue weighted by atomic mass is 9.95. The van der Waals surface area contributed by atoms with Crippen molar-refractivity contribution in [1.82, 2.24) is 16.0 Å². The molecule has 0 spiro atoms. The number of hydrogen-bond acceptors (Lipinski definition) is 6. The lowest BCUT2D eigenvalue weighted by Gasteiger charge is -2.33. The van der Waals surface area contributed by atoms with Gasteiger partial charge in [0.25, 0.3) is 5.91 Å². The highest BCUT2D eigenvalue weighted by atomic mass is 16.4. The highest BCUT2D eigenvalue weighted by Crippen LogP contribution is 2.24. The molecule has 9 nitrogen and oxygen atoms in total. The number of carbonyl (C=O) groups is 3. The second kappa shape index (κ2) is 12.6. The molecule has 1 unspecified atom stereocenters. The molecule has 2 aliphatic rings. The van der Waals surface area contributed by atoms with Gasteiger partial charge in [0, 0.05) is 49.8 Å². The largest absolute Gasteiger partial charge is 0.480 e. The Morgan fingerprint density at radius 3 is 2.50 bits per heavy atom. The second-order valence-electron chi connectivity index (χ2n) is 9.96. The standard InChI is InChI=1S/C29H37N5O4/c1-3-21-7-4-6-19(2)25(21)27(36)32-24(28(37)38)18-20-8-10-23(11-9-20)34-16-12-22(13-17-34)26(35)33-29-30-14-5-15-31-29/h4,6-11,22,24H,3,5,12-18H2,1-2H3,(H,32,36)(H,37,38)(H2,30,31,33,35). The number of aryl methyl sites for hydroxylation is 2. The SMILES string of the molecule is CCc1cccc(C)c1C(=O)NC(Cc1ccc(N2CCC(C(=O)NC3=NCCCN3)CC2)cc1)C(=O)O. The fourth-order valence-electron chi connectivity index (χ4n) is 5.09. The minimum atomic E-state index is -1.07. The van der Waals surface area contributed by atoms with Crippen molar-refractivity contribution in [3.8, 4) is 0 Å². The topological polar surface area (TPSA) is 123 Å². The third kappa shape index (κ3) is 6.70. The van der Waals surface area contributed by atoms with Crippen molar-refractivity contribution in [3.05, 3.63) is 64.7 Å². The number of piperidine rings is 1. The van der Waals surface area contributed by atoms with Crippen molar-refractivity contribution >= 4 is 29.4 Å². The second-order valence-corrected chi connectivity index (χ2v) is 9.96. The number of benzene rings is 2. The summed E-state index contributed by atoms with van der Waals surface area (Å²) in [5, 5.41) is 18.5. The number of carbonyl (C=O) groups excluding carboxylic acids is 2. The Bertz CT molecular complexity index is 1190. The third-order valence-electron chi connectivity index (χ3n) is 7.32. The summed E-state index contributed by atoms with van der Waals surface area (Å²) in [6, 6.07) is 12.4. The van der Waals surface area contributed by atoms with Crippen LogP contribution in [-0.2, 0) is 22.4 Å². The minimum Gasteiger partial charge on any atom is -0.480 e. The van der Waals surface area contributed by atoms with Crippen LogP contribution < -0.4 is 20.9 Å². The van der Waals surface area contributed by atoms with E-state index in [0.717, 1.165) is 67.8 Å². The highest BCUT2D eigenvalue weighted by Gasteiger charge is 2.27. The van der Waals surface area contributed by atoms with Gasteiger partial charge in [-0.25, -0.2) is 4.79 Å². The van der Waals surface area contributed by atoms with E-state index in [1.807, 2.05) is 56.3 Å². The molecule has 1 saturated heterocycles. The molecule has 0 bridgehead atoms. The number of carboxylic acids is 1. The molecule has 0 radical (unpaired) electrons. The van der Waals surface area contributed by atoms with E-state index in [-0.39, 0.29) is 24.2 Å². The Kier molecular flexibility index (Phi) is 8.99. The molecule has 2 amide bonds. The normalized spacial score (nSPS) is 16.7. The highest BCUT2D eigenvalue weighted by molar-refractivity contribution is 5.99. The molecule has 4 N–H and O–H groups in total. The van der Waals surface area contributed by atoms with Gasteiger partial charge in [-0.3, -0.25) is 19.9 Å². The predicted octanol–water partition coefficient (Wildman–Crippen LogP) is 2.67. The number of aliphatic imine (C=N–C) groups is 1. The van der Waals surface area contributed by atoms with Gasteiger partial charge < -0.3 is 20.6 Å². The number of rotatable bonds is 8. The van der Waals surface area contributed by atoms with Crippen molar-refractivity contribution in [2.24, 2.45) is 10.9 Å². The minimum absolute atomic E-state index is 0.0201. The molecule has 0 aromatic heterocycles. The molecule has 0 aliphatic carbocycles. The lowest BCUT2D eigenvalue weighted by Crippen LogP contribution is -2.48. The van der Waals surface area contributed by atoms with E-state index in [4.69, 9.17) is 0 Å². The summed E-state index contributed by atoms with van der Waals surface area (Å²) in [5.41, 5.74) is 4.15. The Balaban J connectivity index is 1.32. The number of nitrogens with zero attached hydrogens (tertiary/aromatic N) is 2. The number of aliphatic carboxylic acids is 1. The molecule has 2 heterocycles. The van der Waals surface area contributed by atoms with Gasteiger partial charge in [0.05, 0.1) is 0 Å². The first-order chi connectivity index (χ1) is 18.4. The van der Waals surface area contributed by atoms with E-state index in [1.165, 1.54) is 0 Å². The molecule has 1 atom stereocenters. The van der Waals surface area contributed by atoms with Crippen LogP contribution in [0.4, 0.5) is 5.69 Å². The van der Waals surface area contributed by atoms with Crippen LogP contribution in [-0.4, -0.2) is 61.1 Å². The van der Waals surface area contributed by atoms with Crippen molar-refractivity contribution in [2.75, 3.05) is 31.1 Å². The van der Waals surface area contributed by atoms with Crippen LogP contribution in [0, 0.1) is 12.8 Å². The van der Waals surface area contributed by atoms with Gasteiger partial charge >= 0.3 is 5.97 Å². The average Bonchev–Trinajstić information content (AvgIpc) is 2.93. The molecule has 0 saturated carbocycles. The van der Waals surface area contributed by atoms with Crippen molar-refractivity contribution in [2.45, 2.75) is 52.0 Å². The van der Waals surface area contributed by atoms with Gasteiger partial charge in [0.2, 0.25) is 5.91 Å². The summed E-state index contributed by atoms with van der Waals surface area (Å²) in [5.74, 6) is -0.865. The van der Waals surface area contributed by atoms with Crippen LogP contribution in [0.2, 0.25) is 0 Å². The maximum absolute atomic E-state index is 13.0. The zero-order valence-corrected chi connectivity index (χ0v) is 22.1. The maximum atomic E-state index is 13.0. The van der Waals surface area contributed by atoms with Crippen LogP contribution in [0.3, 0.4) is 0 Å². The monoisotopic (exact) mass is 519 g/mol. The maximum Gasteiger partial charge on any atom is 0.326 e. The number of nitrogens with one attached hydrogen (secondary N) is 3. The van der Waals surface area contributed by atoms with E-state index < -0.39 is 12.0 Å².